The molecule has 0 bridgehead atoms. The van der Waals surface area contributed by atoms with Crippen molar-refractivity contribution in [1.29, 1.82) is 5.26 Å². The Balaban J connectivity index is 3.62. The van der Waals surface area contributed by atoms with Gasteiger partial charge in [0.05, 0.1) is 18.2 Å². The first kappa shape index (κ1) is 16.3. The molecule has 0 aliphatic heterocycles. The van der Waals surface area contributed by atoms with E-state index < -0.39 is 9.84 Å². The molecular formula is C10H18N2O3S2. The van der Waals surface area contributed by atoms with Gasteiger partial charge in [0.2, 0.25) is 5.91 Å². The lowest BCUT2D eigenvalue weighted by Gasteiger charge is -2.14. The van der Waals surface area contributed by atoms with Crippen molar-refractivity contribution in [2.75, 3.05) is 37.1 Å². The Kier molecular flexibility index (Phi) is 8.00. The third-order valence-corrected chi connectivity index (χ3v) is 4.23. The minimum atomic E-state index is -2.91. The smallest absolute Gasteiger partial charge is 0.223 e. The van der Waals surface area contributed by atoms with Gasteiger partial charge in [0.15, 0.2) is 0 Å². The van der Waals surface area contributed by atoms with Crippen molar-refractivity contribution in [2.45, 2.75) is 12.8 Å². The highest BCUT2D eigenvalue weighted by atomic mass is 32.2. The van der Waals surface area contributed by atoms with E-state index in [0.717, 1.165) is 0 Å². The predicted octanol–water partition coefficient (Wildman–Crippen LogP) is 0.526. The average Bonchev–Trinajstić information content (AvgIpc) is 2.23. The molecule has 0 heterocycles. The number of carbonyl (C=O) groups excluding carboxylic acids is 1. The van der Waals surface area contributed by atoms with Crippen LogP contribution in [0.2, 0.25) is 0 Å². The molecule has 0 rings (SSSR count). The van der Waals surface area contributed by atoms with Crippen molar-refractivity contribution >= 4 is 27.5 Å². The van der Waals surface area contributed by atoms with E-state index in [2.05, 4.69) is 0 Å². The molecular weight excluding hydrogens is 260 g/mol. The molecule has 7 heteroatoms. The Morgan fingerprint density at radius 3 is 2.59 bits per heavy atom. The van der Waals surface area contributed by atoms with E-state index >= 15 is 0 Å². The lowest BCUT2D eigenvalue weighted by Crippen LogP contribution is -2.27. The van der Waals surface area contributed by atoms with Gasteiger partial charge >= 0.3 is 0 Å². The number of rotatable bonds is 8. The number of nitriles is 1. The molecule has 98 valence electrons. The number of hydrogen-bond donors (Lipinski definition) is 0. The molecule has 0 fully saturated rings. The summed E-state index contributed by atoms with van der Waals surface area (Å²) in [6.45, 7) is 0.448. The van der Waals surface area contributed by atoms with Gasteiger partial charge in [-0.3, -0.25) is 4.79 Å². The molecule has 0 aliphatic rings. The van der Waals surface area contributed by atoms with Crippen LogP contribution in [-0.4, -0.2) is 56.3 Å². The fraction of sp³-hybridized carbons (Fsp3) is 0.800. The van der Waals surface area contributed by atoms with Crippen LogP contribution >= 0.6 is 11.8 Å². The molecule has 17 heavy (non-hydrogen) atoms. The van der Waals surface area contributed by atoms with E-state index in [4.69, 9.17) is 5.26 Å². The van der Waals surface area contributed by atoms with Crippen LogP contribution < -0.4 is 0 Å². The Morgan fingerprint density at radius 2 is 2.06 bits per heavy atom. The van der Waals surface area contributed by atoms with E-state index in [1.165, 1.54) is 22.9 Å². The normalized spacial score (nSPS) is 10.9. The highest BCUT2D eigenvalue weighted by molar-refractivity contribution is 8.00. The number of carbonyl (C=O) groups is 1. The summed E-state index contributed by atoms with van der Waals surface area (Å²) in [5, 5.41) is 8.37. The maximum Gasteiger partial charge on any atom is 0.223 e. The Bertz CT molecular complexity index is 374. The maximum absolute atomic E-state index is 11.5. The van der Waals surface area contributed by atoms with Gasteiger partial charge in [-0.1, -0.05) is 0 Å². The highest BCUT2D eigenvalue weighted by Gasteiger charge is 2.08. The molecule has 5 nitrogen and oxygen atoms in total. The van der Waals surface area contributed by atoms with Crippen LogP contribution in [0, 0.1) is 11.3 Å². The van der Waals surface area contributed by atoms with Crippen LogP contribution in [-0.2, 0) is 14.6 Å². The third kappa shape index (κ3) is 10.1. The standard InChI is InChI=1S/C10H18N2O3S2/c1-12(6-3-5-11)10(13)4-7-16-8-9-17(2,14)15/h3-4,6-9H2,1-2H3. The zero-order valence-electron chi connectivity index (χ0n) is 10.2. The van der Waals surface area contributed by atoms with E-state index in [1.807, 2.05) is 6.07 Å². The van der Waals surface area contributed by atoms with Crippen molar-refractivity contribution in [1.82, 2.24) is 4.90 Å². The summed E-state index contributed by atoms with van der Waals surface area (Å²) < 4.78 is 21.7. The summed E-state index contributed by atoms with van der Waals surface area (Å²) in [6.07, 6.45) is 1.92. The van der Waals surface area contributed by atoms with E-state index in [1.54, 1.807) is 7.05 Å². The Morgan fingerprint density at radius 1 is 1.41 bits per heavy atom. The average molecular weight is 278 g/mol. The molecule has 0 spiro atoms. The topological polar surface area (TPSA) is 78.2 Å². The van der Waals surface area contributed by atoms with Gasteiger partial charge < -0.3 is 4.90 Å². The van der Waals surface area contributed by atoms with Crippen LogP contribution in [0.4, 0.5) is 0 Å². The lowest BCUT2D eigenvalue weighted by molar-refractivity contribution is -0.129. The summed E-state index contributed by atoms with van der Waals surface area (Å²) in [5.74, 6) is 1.28. The van der Waals surface area contributed by atoms with E-state index in [0.29, 0.717) is 30.9 Å². The van der Waals surface area contributed by atoms with Crippen molar-refractivity contribution in [3.8, 4) is 6.07 Å². The van der Waals surface area contributed by atoms with Crippen molar-refractivity contribution in [3.63, 3.8) is 0 Å². The largest absolute Gasteiger partial charge is 0.345 e. The van der Waals surface area contributed by atoms with Gasteiger partial charge in [0.25, 0.3) is 0 Å². The molecule has 0 radical (unpaired) electrons. The molecule has 0 aromatic rings. The summed E-state index contributed by atoms with van der Waals surface area (Å²) in [5.41, 5.74) is 0. The van der Waals surface area contributed by atoms with Gasteiger partial charge in [-0.25, -0.2) is 8.42 Å². The second-order valence-corrected chi connectivity index (χ2v) is 7.20. The zero-order valence-corrected chi connectivity index (χ0v) is 11.8. The Hall–Kier alpha value is -0.740. The number of amides is 1. The molecule has 0 saturated heterocycles. The molecule has 1 amide bonds. The van der Waals surface area contributed by atoms with Crippen LogP contribution in [0.1, 0.15) is 12.8 Å². The monoisotopic (exact) mass is 278 g/mol. The minimum absolute atomic E-state index is 0.00731. The molecule has 0 N–H and O–H groups in total. The first-order valence-corrected chi connectivity index (χ1v) is 8.44. The van der Waals surface area contributed by atoms with Gasteiger partial charge in [-0.15, -0.1) is 0 Å². The number of nitrogens with zero attached hydrogens (tertiary/aromatic N) is 2. The van der Waals surface area contributed by atoms with Crippen molar-refractivity contribution in [2.24, 2.45) is 0 Å². The quantitative estimate of drug-likeness (QED) is 0.605. The van der Waals surface area contributed by atoms with Gasteiger partial charge in [0.1, 0.15) is 9.84 Å². The first-order valence-electron chi connectivity index (χ1n) is 5.23. The van der Waals surface area contributed by atoms with Crippen LogP contribution in [0.15, 0.2) is 0 Å². The fourth-order valence-electron chi connectivity index (χ4n) is 1.01. The molecule has 0 unspecified atom stereocenters. The molecule has 0 aromatic carbocycles. The van der Waals surface area contributed by atoms with Gasteiger partial charge in [0, 0.05) is 37.8 Å². The molecule has 0 aromatic heterocycles. The van der Waals surface area contributed by atoms with E-state index in [-0.39, 0.29) is 11.7 Å². The number of hydrogen-bond acceptors (Lipinski definition) is 5. The Labute approximate surface area is 107 Å². The summed E-state index contributed by atoms with van der Waals surface area (Å²) in [4.78, 5) is 13.0. The van der Waals surface area contributed by atoms with Crippen molar-refractivity contribution < 1.29 is 13.2 Å². The van der Waals surface area contributed by atoms with Crippen LogP contribution in [0.5, 0.6) is 0 Å². The van der Waals surface area contributed by atoms with Crippen LogP contribution in [0.3, 0.4) is 0 Å². The van der Waals surface area contributed by atoms with Gasteiger partial charge in [-0.05, 0) is 0 Å². The third-order valence-electron chi connectivity index (χ3n) is 2.04. The van der Waals surface area contributed by atoms with Crippen LogP contribution in [0.25, 0.3) is 0 Å². The summed E-state index contributed by atoms with van der Waals surface area (Å²) in [6, 6.07) is 1.98. The maximum atomic E-state index is 11.5. The number of thioether (sulfide) groups is 1. The predicted molar refractivity (Wildman–Crippen MR) is 69.5 cm³/mol. The van der Waals surface area contributed by atoms with E-state index in [9.17, 15) is 13.2 Å². The summed E-state index contributed by atoms with van der Waals surface area (Å²) >= 11 is 1.46. The molecule has 0 saturated carbocycles. The molecule has 0 atom stereocenters. The SMILES string of the molecule is CN(CCC#N)C(=O)CCSCCS(C)(=O)=O. The van der Waals surface area contributed by atoms with Gasteiger partial charge in [-0.2, -0.15) is 17.0 Å². The fourth-order valence-corrected chi connectivity index (χ4v) is 3.21. The summed E-state index contributed by atoms with van der Waals surface area (Å²) in [7, 11) is -1.24. The highest BCUT2D eigenvalue weighted by Crippen LogP contribution is 2.05. The lowest BCUT2D eigenvalue weighted by atomic mass is 10.3. The number of sulfone groups is 1. The van der Waals surface area contributed by atoms with Crippen molar-refractivity contribution in [3.05, 3.63) is 0 Å². The second-order valence-electron chi connectivity index (χ2n) is 3.72. The minimum Gasteiger partial charge on any atom is -0.345 e. The molecule has 0 aliphatic carbocycles. The first-order chi connectivity index (χ1) is 7.87. The zero-order chi connectivity index (χ0) is 13.3. The second kappa shape index (κ2) is 8.37.